The van der Waals surface area contributed by atoms with E-state index in [2.05, 4.69) is 4.74 Å². The van der Waals surface area contributed by atoms with Crippen molar-refractivity contribution < 1.29 is 28.5 Å². The van der Waals surface area contributed by atoms with Crippen LogP contribution in [-0.2, 0) is 14.2 Å². The Balaban J connectivity index is 1.55. The Bertz CT molecular complexity index is 1520. The lowest BCUT2D eigenvalue weighted by molar-refractivity contribution is -0.0126. The first kappa shape index (κ1) is 24.1. The van der Waals surface area contributed by atoms with E-state index in [9.17, 15) is 14.4 Å². The van der Waals surface area contributed by atoms with Crippen molar-refractivity contribution in [1.82, 2.24) is 9.58 Å². The van der Waals surface area contributed by atoms with Gasteiger partial charge in [0.2, 0.25) is 18.0 Å². The van der Waals surface area contributed by atoms with Gasteiger partial charge in [-0.05, 0) is 18.2 Å². The maximum absolute atomic E-state index is 13.7. The van der Waals surface area contributed by atoms with E-state index in [1.54, 1.807) is 21.3 Å². The molecule has 4 heterocycles. The summed E-state index contributed by atoms with van der Waals surface area (Å²) in [4.78, 5) is 46.7. The molecular weight excluding hydrogens is 512 g/mol. The third kappa shape index (κ3) is 4.07. The van der Waals surface area contributed by atoms with Gasteiger partial charge in [0.25, 0.3) is 5.91 Å². The lowest BCUT2D eigenvalue weighted by atomic mass is 10.1. The Kier molecular flexibility index (Phi) is 6.26. The molecule has 1 saturated heterocycles. The quantitative estimate of drug-likeness (QED) is 0.370. The van der Waals surface area contributed by atoms with Crippen LogP contribution in [-0.4, -0.2) is 67.3 Å². The summed E-state index contributed by atoms with van der Waals surface area (Å²) < 4.78 is 22.2. The van der Waals surface area contributed by atoms with Crippen molar-refractivity contribution in [3.63, 3.8) is 0 Å². The minimum atomic E-state index is -0.975. The fraction of sp³-hybridized carbons (Fsp3) is 0.231. The number of rotatable bonds is 3. The SMILES string of the molecule is COC(=O)OCOc1c2n(ccc1=O)N(C1=Nc3ccccc3Sc3ccccc31)C1COCCN1C2=O. The molecule has 2 aromatic carbocycles. The Morgan fingerprint density at radius 2 is 1.89 bits per heavy atom. The van der Waals surface area contributed by atoms with Crippen LogP contribution in [0.3, 0.4) is 0 Å². The molecule has 1 fully saturated rings. The van der Waals surface area contributed by atoms with Crippen LogP contribution in [0, 0.1) is 0 Å². The monoisotopic (exact) mass is 534 g/mol. The highest BCUT2D eigenvalue weighted by atomic mass is 32.2. The normalized spacial score (nSPS) is 17.8. The van der Waals surface area contributed by atoms with E-state index in [0.29, 0.717) is 19.0 Å². The summed E-state index contributed by atoms with van der Waals surface area (Å²) in [5.74, 6) is -0.0704. The van der Waals surface area contributed by atoms with Crippen LogP contribution in [0.4, 0.5) is 10.5 Å². The van der Waals surface area contributed by atoms with E-state index in [-0.39, 0.29) is 18.1 Å². The number of aromatic nitrogens is 1. The molecule has 0 saturated carbocycles. The topological polar surface area (TPSA) is 112 Å². The molecule has 0 bridgehead atoms. The molecular formula is C26H22N4O7S. The van der Waals surface area contributed by atoms with E-state index in [1.165, 1.54) is 12.3 Å². The number of amides is 1. The zero-order valence-corrected chi connectivity index (χ0v) is 21.1. The molecule has 11 nitrogen and oxygen atoms in total. The number of hydrogen-bond acceptors (Lipinski definition) is 10. The van der Waals surface area contributed by atoms with Crippen molar-refractivity contribution in [1.29, 1.82) is 0 Å². The number of amidine groups is 1. The predicted octanol–water partition coefficient (Wildman–Crippen LogP) is 2.96. The van der Waals surface area contributed by atoms with Gasteiger partial charge in [-0.3, -0.25) is 9.59 Å². The first-order valence-electron chi connectivity index (χ1n) is 11.8. The van der Waals surface area contributed by atoms with Crippen LogP contribution in [0.2, 0.25) is 0 Å². The Morgan fingerprint density at radius 1 is 1.11 bits per heavy atom. The molecule has 3 aliphatic heterocycles. The average molecular weight is 535 g/mol. The molecule has 38 heavy (non-hydrogen) atoms. The van der Waals surface area contributed by atoms with Crippen molar-refractivity contribution in [2.45, 2.75) is 16.0 Å². The number of pyridine rings is 1. The maximum atomic E-state index is 13.7. The molecule has 1 amide bonds. The number of ether oxygens (including phenoxy) is 4. The largest absolute Gasteiger partial charge is 0.510 e. The number of carbonyl (C=O) groups excluding carboxylic acids is 2. The maximum Gasteiger partial charge on any atom is 0.510 e. The number of morpholine rings is 1. The number of carbonyl (C=O) groups is 2. The molecule has 0 radical (unpaired) electrons. The van der Waals surface area contributed by atoms with Gasteiger partial charge in [-0.1, -0.05) is 42.1 Å². The molecule has 3 aromatic rings. The number of benzene rings is 2. The highest BCUT2D eigenvalue weighted by molar-refractivity contribution is 7.99. The van der Waals surface area contributed by atoms with Gasteiger partial charge in [0, 0.05) is 34.2 Å². The van der Waals surface area contributed by atoms with Gasteiger partial charge in [-0.25, -0.2) is 19.5 Å². The predicted molar refractivity (Wildman–Crippen MR) is 137 cm³/mol. The van der Waals surface area contributed by atoms with Gasteiger partial charge >= 0.3 is 6.16 Å². The third-order valence-electron chi connectivity index (χ3n) is 6.32. The van der Waals surface area contributed by atoms with E-state index >= 15 is 0 Å². The van der Waals surface area contributed by atoms with Crippen LogP contribution in [0.15, 0.2) is 80.4 Å². The summed E-state index contributed by atoms with van der Waals surface area (Å²) in [6, 6.07) is 17.0. The summed E-state index contributed by atoms with van der Waals surface area (Å²) in [7, 11) is 1.16. The van der Waals surface area contributed by atoms with Gasteiger partial charge in [0.05, 0.1) is 26.0 Å². The average Bonchev–Trinajstić information content (AvgIpc) is 3.11. The standard InChI is InChI=1S/C26H22N4O7S/c1-34-26(33)37-15-36-23-18(31)10-11-29-22(23)25(32)28-12-13-35-14-21(28)30(29)24-16-6-2-4-8-19(16)38-20-9-5-3-7-17(20)27-24/h2-11,21H,12-15H2,1H3. The lowest BCUT2D eigenvalue weighted by Crippen LogP contribution is -2.67. The molecule has 6 rings (SSSR count). The summed E-state index contributed by atoms with van der Waals surface area (Å²) in [6.07, 6.45) is 0.00843. The van der Waals surface area contributed by atoms with E-state index in [0.717, 1.165) is 28.2 Å². The summed E-state index contributed by atoms with van der Waals surface area (Å²) in [6.45, 7) is 0.277. The Labute approximate surface area is 221 Å². The number of nitrogens with zero attached hydrogens (tertiary/aromatic N) is 4. The first-order chi connectivity index (χ1) is 18.6. The number of para-hydroxylation sites is 1. The zero-order valence-electron chi connectivity index (χ0n) is 20.2. The summed E-state index contributed by atoms with van der Waals surface area (Å²) in [5, 5.41) is 1.85. The van der Waals surface area contributed by atoms with Crippen molar-refractivity contribution in [3.8, 4) is 5.75 Å². The van der Waals surface area contributed by atoms with Crippen LogP contribution in [0.5, 0.6) is 5.75 Å². The number of methoxy groups -OCH3 is 1. The summed E-state index contributed by atoms with van der Waals surface area (Å²) >= 11 is 1.61. The third-order valence-corrected chi connectivity index (χ3v) is 7.46. The zero-order chi connectivity index (χ0) is 26.2. The van der Waals surface area contributed by atoms with Crippen molar-refractivity contribution in [3.05, 3.63) is 82.3 Å². The minimum Gasteiger partial charge on any atom is -0.451 e. The van der Waals surface area contributed by atoms with Gasteiger partial charge in [-0.15, -0.1) is 0 Å². The Morgan fingerprint density at radius 3 is 2.74 bits per heavy atom. The number of fused-ring (bicyclic) bond motifs is 4. The van der Waals surface area contributed by atoms with Crippen LogP contribution in [0.25, 0.3) is 0 Å². The van der Waals surface area contributed by atoms with Gasteiger partial charge in [0.15, 0.2) is 11.5 Å². The van der Waals surface area contributed by atoms with Crippen LogP contribution < -0.4 is 15.2 Å². The highest BCUT2D eigenvalue weighted by Crippen LogP contribution is 2.41. The first-order valence-corrected chi connectivity index (χ1v) is 12.6. The Hall–Kier alpha value is -4.29. The summed E-state index contributed by atoms with van der Waals surface area (Å²) in [5.41, 5.74) is 1.09. The van der Waals surface area contributed by atoms with Gasteiger partial charge in [-0.2, -0.15) is 0 Å². The van der Waals surface area contributed by atoms with Crippen molar-refractivity contribution in [2.75, 3.05) is 38.7 Å². The molecule has 12 heteroatoms. The van der Waals surface area contributed by atoms with Crippen LogP contribution >= 0.6 is 11.8 Å². The lowest BCUT2D eigenvalue weighted by Gasteiger charge is -2.48. The molecule has 1 unspecified atom stereocenters. The van der Waals surface area contributed by atoms with E-state index in [4.69, 9.17) is 19.2 Å². The molecule has 1 atom stereocenters. The van der Waals surface area contributed by atoms with Gasteiger partial charge in [0.1, 0.15) is 6.17 Å². The highest BCUT2D eigenvalue weighted by Gasteiger charge is 2.44. The molecule has 3 aliphatic rings. The number of aliphatic imine (C=N–C) groups is 1. The fourth-order valence-corrected chi connectivity index (χ4v) is 5.63. The molecule has 0 N–H and O–H groups in total. The smallest absolute Gasteiger partial charge is 0.451 e. The van der Waals surface area contributed by atoms with Crippen LogP contribution in [0.1, 0.15) is 16.1 Å². The second-order valence-electron chi connectivity index (χ2n) is 8.46. The van der Waals surface area contributed by atoms with E-state index in [1.807, 2.05) is 53.5 Å². The molecule has 1 aromatic heterocycles. The molecule has 194 valence electrons. The minimum absolute atomic E-state index is 0.00511. The second-order valence-corrected chi connectivity index (χ2v) is 9.55. The second kappa shape index (κ2) is 9.88. The molecule has 0 spiro atoms. The van der Waals surface area contributed by atoms with E-state index < -0.39 is 30.5 Å². The molecule has 0 aliphatic carbocycles. The van der Waals surface area contributed by atoms with Crippen molar-refractivity contribution >= 4 is 35.3 Å². The van der Waals surface area contributed by atoms with Crippen molar-refractivity contribution in [2.24, 2.45) is 4.99 Å². The number of hydrogen-bond donors (Lipinski definition) is 0. The fourth-order valence-electron chi connectivity index (χ4n) is 4.62. The van der Waals surface area contributed by atoms with Gasteiger partial charge < -0.3 is 23.8 Å².